The molecule has 0 aliphatic rings. The van der Waals surface area contributed by atoms with Crippen LogP contribution in [-0.4, -0.2) is 13.2 Å². The van der Waals surface area contributed by atoms with E-state index in [1.54, 1.807) is 0 Å². The maximum absolute atomic E-state index is 5.74. The summed E-state index contributed by atoms with van der Waals surface area (Å²) >= 11 is 0. The smallest absolute Gasteiger partial charge is 0.121 e. The van der Waals surface area contributed by atoms with Crippen LogP contribution in [0.15, 0.2) is 48.5 Å². The Bertz CT molecular complexity index is 583. The SMILES string of the molecule is CCCCOc1cccc(NCc2cccc(OCCC)c2)c1. The van der Waals surface area contributed by atoms with Gasteiger partial charge in [0.15, 0.2) is 0 Å². The van der Waals surface area contributed by atoms with Crippen molar-refractivity contribution in [2.24, 2.45) is 0 Å². The van der Waals surface area contributed by atoms with E-state index in [1.807, 2.05) is 30.3 Å². The summed E-state index contributed by atoms with van der Waals surface area (Å²) in [5.74, 6) is 1.85. The van der Waals surface area contributed by atoms with Crippen molar-refractivity contribution in [3.63, 3.8) is 0 Å². The van der Waals surface area contributed by atoms with E-state index in [2.05, 4.69) is 37.4 Å². The van der Waals surface area contributed by atoms with E-state index in [0.29, 0.717) is 0 Å². The first-order valence-electron chi connectivity index (χ1n) is 8.50. The van der Waals surface area contributed by atoms with Gasteiger partial charge in [-0.05, 0) is 42.7 Å². The Morgan fingerprint density at radius 2 is 1.57 bits per heavy atom. The molecule has 0 heterocycles. The minimum atomic E-state index is 0.758. The van der Waals surface area contributed by atoms with Crippen LogP contribution in [0.4, 0.5) is 5.69 Å². The van der Waals surface area contributed by atoms with Crippen molar-refractivity contribution in [2.45, 2.75) is 39.7 Å². The second-order valence-corrected chi connectivity index (χ2v) is 5.58. The largest absolute Gasteiger partial charge is 0.494 e. The number of rotatable bonds is 10. The zero-order valence-corrected chi connectivity index (χ0v) is 14.2. The van der Waals surface area contributed by atoms with Crippen molar-refractivity contribution in [3.8, 4) is 11.5 Å². The molecule has 1 N–H and O–H groups in total. The molecule has 0 amide bonds. The lowest BCUT2D eigenvalue weighted by atomic mass is 10.2. The minimum absolute atomic E-state index is 0.758. The molecule has 3 nitrogen and oxygen atoms in total. The highest BCUT2D eigenvalue weighted by Gasteiger charge is 2.00. The average Bonchev–Trinajstić information content (AvgIpc) is 2.59. The fraction of sp³-hybridized carbons (Fsp3) is 0.400. The second kappa shape index (κ2) is 9.78. The third-order valence-electron chi connectivity index (χ3n) is 3.47. The third kappa shape index (κ3) is 6.23. The second-order valence-electron chi connectivity index (χ2n) is 5.58. The number of hydrogen-bond acceptors (Lipinski definition) is 3. The predicted octanol–water partition coefficient (Wildman–Crippen LogP) is 5.27. The van der Waals surface area contributed by atoms with Crippen LogP contribution in [0.3, 0.4) is 0 Å². The molecule has 0 atom stereocenters. The van der Waals surface area contributed by atoms with Crippen molar-refractivity contribution in [1.82, 2.24) is 0 Å². The Morgan fingerprint density at radius 3 is 2.35 bits per heavy atom. The molecule has 0 fully saturated rings. The zero-order chi connectivity index (χ0) is 16.3. The first kappa shape index (κ1) is 17.2. The lowest BCUT2D eigenvalue weighted by Crippen LogP contribution is -2.02. The van der Waals surface area contributed by atoms with Crippen molar-refractivity contribution in [1.29, 1.82) is 0 Å². The number of benzene rings is 2. The molecule has 3 heteroatoms. The summed E-state index contributed by atoms with van der Waals surface area (Å²) in [5, 5.41) is 3.44. The van der Waals surface area contributed by atoms with Crippen molar-refractivity contribution in [3.05, 3.63) is 54.1 Å². The fourth-order valence-corrected chi connectivity index (χ4v) is 2.20. The highest BCUT2D eigenvalue weighted by molar-refractivity contribution is 5.48. The van der Waals surface area contributed by atoms with Gasteiger partial charge in [-0.15, -0.1) is 0 Å². The molecule has 124 valence electrons. The van der Waals surface area contributed by atoms with Gasteiger partial charge < -0.3 is 14.8 Å². The van der Waals surface area contributed by atoms with Crippen LogP contribution < -0.4 is 14.8 Å². The van der Waals surface area contributed by atoms with Crippen LogP contribution in [0, 0.1) is 0 Å². The molecule has 0 aromatic heterocycles. The van der Waals surface area contributed by atoms with Gasteiger partial charge in [0.1, 0.15) is 11.5 Å². The molecule has 0 aliphatic heterocycles. The minimum Gasteiger partial charge on any atom is -0.494 e. The number of anilines is 1. The quantitative estimate of drug-likeness (QED) is 0.606. The Hall–Kier alpha value is -2.16. The van der Waals surface area contributed by atoms with E-state index in [0.717, 1.165) is 56.2 Å². The van der Waals surface area contributed by atoms with Gasteiger partial charge in [-0.1, -0.05) is 38.5 Å². The van der Waals surface area contributed by atoms with Gasteiger partial charge in [0.05, 0.1) is 13.2 Å². The number of nitrogens with one attached hydrogen (secondary N) is 1. The van der Waals surface area contributed by atoms with Crippen LogP contribution in [0.2, 0.25) is 0 Å². The molecule has 0 saturated heterocycles. The van der Waals surface area contributed by atoms with Gasteiger partial charge in [0.25, 0.3) is 0 Å². The molecular formula is C20H27NO2. The Balaban J connectivity index is 1.89. The zero-order valence-electron chi connectivity index (χ0n) is 14.2. The monoisotopic (exact) mass is 313 g/mol. The maximum Gasteiger partial charge on any atom is 0.121 e. The Labute approximate surface area is 139 Å². The summed E-state index contributed by atoms with van der Waals surface area (Å²) in [4.78, 5) is 0. The molecule has 0 unspecified atom stereocenters. The van der Waals surface area contributed by atoms with E-state index < -0.39 is 0 Å². The standard InChI is InChI=1S/C20H27NO2/c1-3-5-13-23-20-11-7-9-18(15-20)21-16-17-8-6-10-19(14-17)22-12-4-2/h6-11,14-15,21H,3-5,12-13,16H2,1-2H3. The van der Waals surface area contributed by atoms with Crippen LogP contribution in [0.1, 0.15) is 38.7 Å². The lowest BCUT2D eigenvalue weighted by molar-refractivity contribution is 0.309. The maximum atomic E-state index is 5.74. The van der Waals surface area contributed by atoms with Crippen molar-refractivity contribution in [2.75, 3.05) is 18.5 Å². The molecule has 23 heavy (non-hydrogen) atoms. The molecule has 2 rings (SSSR count). The van der Waals surface area contributed by atoms with Gasteiger partial charge in [0, 0.05) is 18.3 Å². The first-order valence-corrected chi connectivity index (χ1v) is 8.50. The molecule has 0 bridgehead atoms. The Morgan fingerprint density at radius 1 is 0.826 bits per heavy atom. The van der Waals surface area contributed by atoms with Gasteiger partial charge in [-0.3, -0.25) is 0 Å². The van der Waals surface area contributed by atoms with Gasteiger partial charge in [0.2, 0.25) is 0 Å². The summed E-state index contributed by atoms with van der Waals surface area (Å²) < 4.78 is 11.4. The molecule has 0 spiro atoms. The normalized spacial score (nSPS) is 10.3. The first-order chi connectivity index (χ1) is 11.3. The molecule has 0 radical (unpaired) electrons. The van der Waals surface area contributed by atoms with Crippen molar-refractivity contribution >= 4 is 5.69 Å². The van der Waals surface area contributed by atoms with Crippen molar-refractivity contribution < 1.29 is 9.47 Å². The van der Waals surface area contributed by atoms with Crippen LogP contribution in [-0.2, 0) is 6.54 Å². The van der Waals surface area contributed by atoms with E-state index in [9.17, 15) is 0 Å². The average molecular weight is 313 g/mol. The predicted molar refractivity (Wildman–Crippen MR) is 96.4 cm³/mol. The van der Waals surface area contributed by atoms with Gasteiger partial charge in [-0.2, -0.15) is 0 Å². The lowest BCUT2D eigenvalue weighted by Gasteiger charge is -2.11. The molecule has 2 aromatic rings. The van der Waals surface area contributed by atoms with Crippen LogP contribution >= 0.6 is 0 Å². The number of unbranched alkanes of at least 4 members (excludes halogenated alkanes) is 1. The van der Waals surface area contributed by atoms with E-state index in [1.165, 1.54) is 5.56 Å². The van der Waals surface area contributed by atoms with E-state index >= 15 is 0 Å². The molecular weight excluding hydrogens is 286 g/mol. The number of hydrogen-bond donors (Lipinski definition) is 1. The number of ether oxygens (including phenoxy) is 2. The fourth-order valence-electron chi connectivity index (χ4n) is 2.20. The topological polar surface area (TPSA) is 30.5 Å². The molecule has 0 aliphatic carbocycles. The molecule has 2 aromatic carbocycles. The molecule has 0 saturated carbocycles. The summed E-state index contributed by atoms with van der Waals surface area (Å²) in [6.07, 6.45) is 3.25. The van der Waals surface area contributed by atoms with E-state index in [-0.39, 0.29) is 0 Å². The summed E-state index contributed by atoms with van der Waals surface area (Å²) in [5.41, 5.74) is 2.27. The highest BCUT2D eigenvalue weighted by atomic mass is 16.5. The highest BCUT2D eigenvalue weighted by Crippen LogP contribution is 2.19. The van der Waals surface area contributed by atoms with Gasteiger partial charge >= 0.3 is 0 Å². The van der Waals surface area contributed by atoms with E-state index in [4.69, 9.17) is 9.47 Å². The summed E-state index contributed by atoms with van der Waals surface area (Å²) in [6.45, 7) is 6.58. The van der Waals surface area contributed by atoms with Crippen LogP contribution in [0.5, 0.6) is 11.5 Å². The van der Waals surface area contributed by atoms with Gasteiger partial charge in [-0.25, -0.2) is 0 Å². The summed E-state index contributed by atoms with van der Waals surface area (Å²) in [7, 11) is 0. The summed E-state index contributed by atoms with van der Waals surface area (Å²) in [6, 6.07) is 16.4. The van der Waals surface area contributed by atoms with Crippen LogP contribution in [0.25, 0.3) is 0 Å². The third-order valence-corrected chi connectivity index (χ3v) is 3.47. The Kier molecular flexibility index (Phi) is 7.31.